The Kier molecular flexibility index (Phi) is 7.18. The van der Waals surface area contributed by atoms with Crippen LogP contribution in [0.3, 0.4) is 0 Å². The molecule has 0 N–H and O–H groups in total. The quantitative estimate of drug-likeness (QED) is 0.401. The van der Waals surface area contributed by atoms with Crippen molar-refractivity contribution in [3.63, 3.8) is 0 Å². The Hall–Kier alpha value is -1.48. The zero-order chi connectivity index (χ0) is 20.1. The molecule has 0 aromatic heterocycles. The summed E-state index contributed by atoms with van der Waals surface area (Å²) in [5, 5.41) is 0.313. The molecule has 4 nitrogen and oxygen atoms in total. The SMILES string of the molecule is S=C1OC[C@H]([C@H]2OC(=S)O[C@H]2C(SCc2ccccc2)SCc2ccccc2)O1. The number of thiocarbonyl (C=S) groups is 2. The lowest BCUT2D eigenvalue weighted by molar-refractivity contribution is 0.0485. The van der Waals surface area contributed by atoms with Crippen LogP contribution < -0.4 is 0 Å². The van der Waals surface area contributed by atoms with Gasteiger partial charge in [0.15, 0.2) is 18.3 Å². The van der Waals surface area contributed by atoms with E-state index in [4.69, 9.17) is 43.4 Å². The monoisotopic (exact) mass is 464 g/mol. The maximum atomic E-state index is 5.95. The third-order valence-corrected chi connectivity index (χ3v) is 7.97. The van der Waals surface area contributed by atoms with E-state index in [1.165, 1.54) is 11.1 Å². The number of ether oxygens (including phenoxy) is 4. The highest BCUT2D eigenvalue weighted by molar-refractivity contribution is 8.16. The van der Waals surface area contributed by atoms with Gasteiger partial charge < -0.3 is 18.9 Å². The third-order valence-electron chi connectivity index (χ3n) is 4.55. The molecule has 2 saturated heterocycles. The molecule has 29 heavy (non-hydrogen) atoms. The van der Waals surface area contributed by atoms with Crippen molar-refractivity contribution in [1.29, 1.82) is 0 Å². The van der Waals surface area contributed by atoms with Gasteiger partial charge in [-0.1, -0.05) is 60.7 Å². The largest absolute Gasteiger partial charge is 0.453 e. The van der Waals surface area contributed by atoms with Crippen molar-refractivity contribution >= 4 is 58.4 Å². The summed E-state index contributed by atoms with van der Waals surface area (Å²) in [7, 11) is 0. The van der Waals surface area contributed by atoms with Gasteiger partial charge in [0, 0.05) is 35.9 Å². The Bertz CT molecular complexity index is 790. The molecule has 4 rings (SSSR count). The number of benzene rings is 2. The fourth-order valence-electron chi connectivity index (χ4n) is 3.13. The van der Waals surface area contributed by atoms with E-state index in [0.29, 0.717) is 6.61 Å². The number of hydrogen-bond donors (Lipinski definition) is 0. The minimum Gasteiger partial charge on any atom is -0.453 e. The molecule has 2 aliphatic rings. The molecule has 2 aromatic rings. The van der Waals surface area contributed by atoms with Gasteiger partial charge in [-0.05, 0) is 11.1 Å². The van der Waals surface area contributed by atoms with Crippen molar-refractivity contribution < 1.29 is 18.9 Å². The van der Waals surface area contributed by atoms with Gasteiger partial charge >= 0.3 is 10.5 Å². The first-order valence-corrected chi connectivity index (χ1v) is 12.1. The molecule has 0 amide bonds. The maximum Gasteiger partial charge on any atom is 0.353 e. The second kappa shape index (κ2) is 10.0. The first kappa shape index (κ1) is 20.8. The number of hydrogen-bond acceptors (Lipinski definition) is 8. The molecule has 0 spiro atoms. The van der Waals surface area contributed by atoms with Gasteiger partial charge in [-0.25, -0.2) is 0 Å². The molecule has 2 fully saturated rings. The zero-order valence-corrected chi connectivity index (χ0v) is 18.7. The van der Waals surface area contributed by atoms with Gasteiger partial charge in [-0.2, -0.15) is 0 Å². The first-order chi connectivity index (χ1) is 14.2. The van der Waals surface area contributed by atoms with Crippen molar-refractivity contribution in [2.45, 2.75) is 34.4 Å². The van der Waals surface area contributed by atoms with Gasteiger partial charge in [-0.3, -0.25) is 0 Å². The lowest BCUT2D eigenvalue weighted by Gasteiger charge is -2.26. The summed E-state index contributed by atoms with van der Waals surface area (Å²) in [6, 6.07) is 20.8. The predicted molar refractivity (Wildman–Crippen MR) is 125 cm³/mol. The van der Waals surface area contributed by atoms with Gasteiger partial charge in [0.25, 0.3) is 0 Å². The first-order valence-electron chi connectivity index (χ1n) is 9.21. The fraction of sp³-hybridized carbons (Fsp3) is 0.333. The van der Waals surface area contributed by atoms with Crippen LogP contribution in [0.2, 0.25) is 0 Å². The summed E-state index contributed by atoms with van der Waals surface area (Å²) < 4.78 is 22.8. The second-order valence-corrected chi connectivity index (χ2v) is 9.82. The van der Waals surface area contributed by atoms with Crippen LogP contribution >= 0.6 is 48.0 Å². The highest BCUT2D eigenvalue weighted by atomic mass is 32.2. The van der Waals surface area contributed by atoms with Gasteiger partial charge in [0.05, 0.1) is 4.58 Å². The maximum absolute atomic E-state index is 5.95. The van der Waals surface area contributed by atoms with E-state index in [0.717, 1.165) is 11.5 Å². The molecule has 0 radical (unpaired) electrons. The van der Waals surface area contributed by atoms with E-state index >= 15 is 0 Å². The fourth-order valence-corrected chi connectivity index (χ4v) is 6.23. The second-order valence-electron chi connectivity index (χ2n) is 6.59. The van der Waals surface area contributed by atoms with Crippen molar-refractivity contribution in [1.82, 2.24) is 0 Å². The van der Waals surface area contributed by atoms with E-state index < -0.39 is 0 Å². The summed E-state index contributed by atoms with van der Waals surface area (Å²) in [5.41, 5.74) is 2.53. The average Bonchev–Trinajstić information content (AvgIpc) is 3.35. The van der Waals surface area contributed by atoms with Crippen LogP contribution in [0.15, 0.2) is 60.7 Å². The van der Waals surface area contributed by atoms with Crippen molar-refractivity contribution in [2.24, 2.45) is 0 Å². The van der Waals surface area contributed by atoms with Crippen LogP contribution in [-0.2, 0) is 30.5 Å². The summed E-state index contributed by atoms with van der Waals surface area (Å²) in [6.45, 7) is 0.353. The van der Waals surface area contributed by atoms with Crippen LogP contribution in [0.1, 0.15) is 11.1 Å². The molecule has 3 atom stereocenters. The number of rotatable bonds is 8. The normalized spacial score (nSPS) is 23.4. The van der Waals surface area contributed by atoms with E-state index in [2.05, 4.69) is 48.5 Å². The Morgan fingerprint density at radius 2 is 1.38 bits per heavy atom. The minimum atomic E-state index is -0.348. The van der Waals surface area contributed by atoms with E-state index in [9.17, 15) is 0 Å². The molecular formula is C21H20O4S4. The minimum absolute atomic E-state index is 0.0960. The molecule has 8 heteroatoms. The Morgan fingerprint density at radius 1 is 0.793 bits per heavy atom. The van der Waals surface area contributed by atoms with Crippen molar-refractivity contribution in [3.05, 3.63) is 71.8 Å². The van der Waals surface area contributed by atoms with E-state index in [-0.39, 0.29) is 33.4 Å². The van der Waals surface area contributed by atoms with Crippen LogP contribution in [0.25, 0.3) is 0 Å². The van der Waals surface area contributed by atoms with Crippen LogP contribution in [-0.4, -0.2) is 40.0 Å². The third kappa shape index (κ3) is 5.57. The lowest BCUT2D eigenvalue weighted by atomic mass is 10.1. The summed E-state index contributed by atoms with van der Waals surface area (Å²) >= 11 is 13.9. The van der Waals surface area contributed by atoms with Crippen molar-refractivity contribution in [3.8, 4) is 0 Å². The smallest absolute Gasteiger partial charge is 0.353 e. The Morgan fingerprint density at radius 3 is 1.90 bits per heavy atom. The molecule has 2 aliphatic heterocycles. The molecule has 0 bridgehead atoms. The molecule has 152 valence electrons. The molecule has 0 aliphatic carbocycles. The summed E-state index contributed by atoms with van der Waals surface area (Å²) in [4.78, 5) is 0. The van der Waals surface area contributed by atoms with Gasteiger partial charge in [0.2, 0.25) is 0 Å². The van der Waals surface area contributed by atoms with Crippen LogP contribution in [0, 0.1) is 0 Å². The highest BCUT2D eigenvalue weighted by Crippen LogP contribution is 2.39. The average molecular weight is 465 g/mol. The predicted octanol–water partition coefficient (Wildman–Crippen LogP) is 4.95. The lowest BCUT2D eigenvalue weighted by Crippen LogP contribution is -2.41. The molecule has 2 aromatic carbocycles. The highest BCUT2D eigenvalue weighted by Gasteiger charge is 2.48. The van der Waals surface area contributed by atoms with Gasteiger partial charge in [-0.15, -0.1) is 23.5 Å². The van der Waals surface area contributed by atoms with Crippen LogP contribution in [0.5, 0.6) is 0 Å². The topological polar surface area (TPSA) is 36.9 Å². The van der Waals surface area contributed by atoms with E-state index in [1.807, 2.05) is 35.7 Å². The standard InChI is InChI=1S/C21H20O4S4/c26-20-22-11-16(23-20)17-18(25-21(27)24-17)19(28-12-14-7-3-1-4-8-14)29-13-15-9-5-2-6-10-15/h1-10,16-19H,11-13H2/t16-,17-,18-/m1/s1. The molecule has 0 saturated carbocycles. The molecular weight excluding hydrogens is 444 g/mol. The summed E-state index contributed by atoms with van der Waals surface area (Å²) in [6.07, 6.45) is -0.913. The summed E-state index contributed by atoms with van der Waals surface area (Å²) in [5.74, 6) is 1.74. The number of thioether (sulfide) groups is 2. The van der Waals surface area contributed by atoms with E-state index in [1.54, 1.807) is 0 Å². The Balaban J connectivity index is 1.49. The van der Waals surface area contributed by atoms with Crippen LogP contribution in [0.4, 0.5) is 0 Å². The van der Waals surface area contributed by atoms with Crippen molar-refractivity contribution in [2.75, 3.05) is 6.61 Å². The Labute approximate surface area is 189 Å². The molecule has 2 heterocycles. The zero-order valence-electron chi connectivity index (χ0n) is 15.5. The van der Waals surface area contributed by atoms with Gasteiger partial charge in [0.1, 0.15) is 6.61 Å². The molecule has 0 unspecified atom stereocenters.